The van der Waals surface area contributed by atoms with E-state index in [9.17, 15) is 0 Å². The minimum absolute atomic E-state index is 0.263. The highest BCUT2D eigenvalue weighted by Gasteiger charge is 2.19. The third-order valence-electron chi connectivity index (χ3n) is 5.47. The van der Waals surface area contributed by atoms with Crippen LogP contribution in [0.3, 0.4) is 0 Å². The van der Waals surface area contributed by atoms with E-state index in [1.807, 2.05) is 30.3 Å². The van der Waals surface area contributed by atoms with Gasteiger partial charge in [-0.25, -0.2) is 0 Å². The standard InChI is InChI=1S/C26H27NO3/c1-28-23-9-5-6-20(17-23)24(16-19-12-14-27-15-13-19)21-10-11-25(29-2)26(18-21)30-22-7-3-4-8-22/h5-6,9-18,22H,3-4,7-8H2,1-2H3. The summed E-state index contributed by atoms with van der Waals surface area (Å²) < 4.78 is 17.4. The van der Waals surface area contributed by atoms with E-state index in [-0.39, 0.29) is 6.10 Å². The lowest BCUT2D eigenvalue weighted by Crippen LogP contribution is -2.11. The Hall–Kier alpha value is -3.27. The molecule has 1 fully saturated rings. The first-order valence-corrected chi connectivity index (χ1v) is 10.4. The van der Waals surface area contributed by atoms with E-state index in [0.29, 0.717) is 0 Å². The molecule has 0 aliphatic heterocycles. The van der Waals surface area contributed by atoms with Crippen molar-refractivity contribution in [3.8, 4) is 17.2 Å². The van der Waals surface area contributed by atoms with E-state index in [1.54, 1.807) is 26.6 Å². The van der Waals surface area contributed by atoms with Gasteiger partial charge in [-0.05, 0) is 90.4 Å². The summed E-state index contributed by atoms with van der Waals surface area (Å²) in [6, 6.07) is 18.3. The molecule has 1 aliphatic carbocycles. The molecule has 4 rings (SSSR count). The molecule has 0 radical (unpaired) electrons. The summed E-state index contributed by atoms with van der Waals surface area (Å²) >= 11 is 0. The maximum absolute atomic E-state index is 6.33. The number of benzene rings is 2. The van der Waals surface area contributed by atoms with Crippen molar-refractivity contribution in [3.63, 3.8) is 0 Å². The maximum Gasteiger partial charge on any atom is 0.162 e. The van der Waals surface area contributed by atoms with Crippen LogP contribution in [0.2, 0.25) is 0 Å². The van der Waals surface area contributed by atoms with Gasteiger partial charge in [-0.2, -0.15) is 0 Å². The SMILES string of the molecule is COc1cccc(C(=Cc2ccncc2)c2ccc(OC)c(OC3CCCC3)c2)c1. The number of pyridine rings is 1. The number of methoxy groups -OCH3 is 2. The van der Waals surface area contributed by atoms with Gasteiger partial charge in [-0.3, -0.25) is 4.98 Å². The number of nitrogens with zero attached hydrogens (tertiary/aromatic N) is 1. The number of aromatic nitrogens is 1. The molecule has 0 saturated heterocycles. The van der Waals surface area contributed by atoms with Gasteiger partial charge in [0.25, 0.3) is 0 Å². The van der Waals surface area contributed by atoms with Crippen LogP contribution in [0.1, 0.15) is 42.4 Å². The third-order valence-corrected chi connectivity index (χ3v) is 5.47. The molecule has 1 heterocycles. The highest BCUT2D eigenvalue weighted by atomic mass is 16.5. The third kappa shape index (κ3) is 4.65. The Balaban J connectivity index is 1.79. The van der Waals surface area contributed by atoms with Crippen LogP contribution in [-0.2, 0) is 0 Å². The normalized spacial score (nSPS) is 14.5. The molecule has 1 aromatic heterocycles. The maximum atomic E-state index is 6.33. The minimum Gasteiger partial charge on any atom is -0.497 e. The zero-order valence-corrected chi connectivity index (χ0v) is 17.5. The molecule has 2 aromatic carbocycles. The van der Waals surface area contributed by atoms with Gasteiger partial charge < -0.3 is 14.2 Å². The van der Waals surface area contributed by atoms with Crippen molar-refractivity contribution < 1.29 is 14.2 Å². The van der Waals surface area contributed by atoms with Crippen LogP contribution >= 0.6 is 0 Å². The first-order chi connectivity index (χ1) is 14.8. The highest BCUT2D eigenvalue weighted by molar-refractivity contribution is 5.92. The second-order valence-corrected chi connectivity index (χ2v) is 7.46. The van der Waals surface area contributed by atoms with Crippen molar-refractivity contribution in [2.45, 2.75) is 31.8 Å². The average Bonchev–Trinajstić information content (AvgIpc) is 3.31. The summed E-state index contributed by atoms with van der Waals surface area (Å²) in [5.41, 5.74) is 4.30. The molecule has 3 aromatic rings. The van der Waals surface area contributed by atoms with Crippen molar-refractivity contribution in [3.05, 3.63) is 83.7 Å². The van der Waals surface area contributed by atoms with Gasteiger partial charge in [0.15, 0.2) is 11.5 Å². The molecule has 0 atom stereocenters. The van der Waals surface area contributed by atoms with E-state index in [0.717, 1.165) is 52.4 Å². The van der Waals surface area contributed by atoms with E-state index in [1.165, 1.54) is 12.8 Å². The summed E-state index contributed by atoms with van der Waals surface area (Å²) in [4.78, 5) is 4.13. The zero-order chi connectivity index (χ0) is 20.8. The summed E-state index contributed by atoms with van der Waals surface area (Å²) in [6.07, 6.45) is 10.7. The molecule has 0 bridgehead atoms. The Morgan fingerprint density at radius 3 is 2.37 bits per heavy atom. The van der Waals surface area contributed by atoms with Gasteiger partial charge in [0.1, 0.15) is 5.75 Å². The fourth-order valence-electron chi connectivity index (χ4n) is 3.87. The predicted molar refractivity (Wildman–Crippen MR) is 120 cm³/mol. The molecule has 0 spiro atoms. The Labute approximate surface area is 178 Å². The Kier molecular flexibility index (Phi) is 6.33. The first kappa shape index (κ1) is 20.0. The Bertz CT molecular complexity index is 1010. The smallest absolute Gasteiger partial charge is 0.162 e. The number of hydrogen-bond acceptors (Lipinski definition) is 4. The molecule has 4 nitrogen and oxygen atoms in total. The van der Waals surface area contributed by atoms with E-state index in [4.69, 9.17) is 14.2 Å². The minimum atomic E-state index is 0.263. The Morgan fingerprint density at radius 2 is 1.63 bits per heavy atom. The van der Waals surface area contributed by atoms with E-state index < -0.39 is 0 Å². The average molecular weight is 402 g/mol. The second kappa shape index (κ2) is 9.49. The summed E-state index contributed by atoms with van der Waals surface area (Å²) in [5.74, 6) is 2.38. The molecule has 30 heavy (non-hydrogen) atoms. The molecule has 1 aliphatic rings. The Morgan fingerprint density at radius 1 is 0.867 bits per heavy atom. The van der Waals surface area contributed by atoms with Crippen LogP contribution in [0.4, 0.5) is 0 Å². The van der Waals surface area contributed by atoms with Gasteiger partial charge in [0.05, 0.1) is 20.3 Å². The van der Waals surface area contributed by atoms with Crippen LogP contribution in [0.25, 0.3) is 11.6 Å². The first-order valence-electron chi connectivity index (χ1n) is 10.4. The van der Waals surface area contributed by atoms with E-state index in [2.05, 4.69) is 35.3 Å². The highest BCUT2D eigenvalue weighted by Crippen LogP contribution is 2.37. The quantitative estimate of drug-likeness (QED) is 0.486. The predicted octanol–water partition coefficient (Wildman–Crippen LogP) is 6.01. The van der Waals surface area contributed by atoms with Crippen molar-refractivity contribution in [2.75, 3.05) is 14.2 Å². The number of ether oxygens (including phenoxy) is 3. The van der Waals surface area contributed by atoms with Gasteiger partial charge in [0, 0.05) is 12.4 Å². The van der Waals surface area contributed by atoms with Crippen LogP contribution in [-0.4, -0.2) is 25.3 Å². The van der Waals surface area contributed by atoms with Crippen molar-refractivity contribution in [1.82, 2.24) is 4.98 Å². The van der Waals surface area contributed by atoms with Crippen molar-refractivity contribution >= 4 is 11.6 Å². The molecule has 0 N–H and O–H groups in total. The fourth-order valence-corrected chi connectivity index (χ4v) is 3.87. The lowest BCUT2D eigenvalue weighted by atomic mass is 9.95. The van der Waals surface area contributed by atoms with Gasteiger partial charge in [0.2, 0.25) is 0 Å². The monoisotopic (exact) mass is 401 g/mol. The van der Waals surface area contributed by atoms with Gasteiger partial charge in [-0.15, -0.1) is 0 Å². The molecule has 1 saturated carbocycles. The second-order valence-electron chi connectivity index (χ2n) is 7.46. The largest absolute Gasteiger partial charge is 0.497 e. The summed E-state index contributed by atoms with van der Waals surface area (Å²) in [6.45, 7) is 0. The molecular formula is C26H27NO3. The number of hydrogen-bond donors (Lipinski definition) is 0. The van der Waals surface area contributed by atoms with Crippen LogP contribution in [0.5, 0.6) is 17.2 Å². The molecular weight excluding hydrogens is 374 g/mol. The number of rotatable bonds is 7. The van der Waals surface area contributed by atoms with Crippen LogP contribution in [0.15, 0.2) is 67.0 Å². The van der Waals surface area contributed by atoms with Crippen molar-refractivity contribution in [2.24, 2.45) is 0 Å². The lowest BCUT2D eigenvalue weighted by Gasteiger charge is -2.18. The lowest BCUT2D eigenvalue weighted by molar-refractivity contribution is 0.201. The topological polar surface area (TPSA) is 40.6 Å². The van der Waals surface area contributed by atoms with E-state index >= 15 is 0 Å². The van der Waals surface area contributed by atoms with Gasteiger partial charge in [-0.1, -0.05) is 18.2 Å². The van der Waals surface area contributed by atoms with Crippen LogP contribution in [0, 0.1) is 0 Å². The molecule has 154 valence electrons. The van der Waals surface area contributed by atoms with Crippen LogP contribution < -0.4 is 14.2 Å². The summed E-state index contributed by atoms with van der Waals surface area (Å²) in [7, 11) is 3.37. The fraction of sp³-hybridized carbons (Fsp3) is 0.269. The molecule has 0 amide bonds. The zero-order valence-electron chi connectivity index (χ0n) is 17.5. The molecule has 0 unspecified atom stereocenters. The van der Waals surface area contributed by atoms with Gasteiger partial charge >= 0.3 is 0 Å². The molecule has 4 heteroatoms. The summed E-state index contributed by atoms with van der Waals surface area (Å²) in [5, 5.41) is 0. The van der Waals surface area contributed by atoms with Crippen molar-refractivity contribution in [1.29, 1.82) is 0 Å².